The Morgan fingerprint density at radius 3 is 2.88 bits per heavy atom. The third kappa shape index (κ3) is 3.24. The number of nitriles is 1. The number of anilines is 1. The zero-order valence-electron chi connectivity index (χ0n) is 9.40. The average molecular weight is 218 g/mol. The van der Waals surface area contributed by atoms with Crippen molar-refractivity contribution >= 4 is 11.6 Å². The topological polar surface area (TPSA) is 69.0 Å². The molecule has 0 spiro atoms. The SMILES string of the molecule is CCNC(=O)CN(C)c1ccc(C#N)nc1. The van der Waals surface area contributed by atoms with Gasteiger partial charge in [-0.2, -0.15) is 5.26 Å². The Kier molecular flexibility index (Phi) is 4.28. The fourth-order valence-electron chi connectivity index (χ4n) is 1.24. The highest BCUT2D eigenvalue weighted by atomic mass is 16.1. The summed E-state index contributed by atoms with van der Waals surface area (Å²) in [6, 6.07) is 5.34. The number of carbonyl (C=O) groups excluding carboxylic acids is 1. The summed E-state index contributed by atoms with van der Waals surface area (Å²) in [5, 5.41) is 11.3. The highest BCUT2D eigenvalue weighted by Gasteiger charge is 2.06. The van der Waals surface area contributed by atoms with Crippen LogP contribution >= 0.6 is 0 Å². The third-order valence-corrected chi connectivity index (χ3v) is 2.06. The summed E-state index contributed by atoms with van der Waals surface area (Å²) in [5.41, 5.74) is 1.18. The van der Waals surface area contributed by atoms with Gasteiger partial charge in [-0.25, -0.2) is 4.98 Å². The Hall–Kier alpha value is -2.09. The van der Waals surface area contributed by atoms with Gasteiger partial charge in [-0.05, 0) is 19.1 Å². The van der Waals surface area contributed by atoms with Crippen LogP contribution in [0.4, 0.5) is 5.69 Å². The van der Waals surface area contributed by atoms with Crippen molar-refractivity contribution in [1.29, 1.82) is 5.26 Å². The number of amides is 1. The van der Waals surface area contributed by atoms with Gasteiger partial charge in [0, 0.05) is 13.6 Å². The van der Waals surface area contributed by atoms with Crippen LogP contribution in [0.15, 0.2) is 18.3 Å². The molecule has 0 saturated heterocycles. The Labute approximate surface area is 94.7 Å². The first-order valence-electron chi connectivity index (χ1n) is 5.01. The third-order valence-electron chi connectivity index (χ3n) is 2.06. The molecule has 5 nitrogen and oxygen atoms in total. The van der Waals surface area contributed by atoms with Crippen molar-refractivity contribution in [1.82, 2.24) is 10.3 Å². The number of pyridine rings is 1. The molecule has 1 amide bonds. The van der Waals surface area contributed by atoms with Gasteiger partial charge in [0.25, 0.3) is 0 Å². The van der Waals surface area contributed by atoms with Crippen LogP contribution in [0.5, 0.6) is 0 Å². The second-order valence-corrected chi connectivity index (χ2v) is 3.32. The van der Waals surface area contributed by atoms with Gasteiger partial charge in [0.1, 0.15) is 11.8 Å². The van der Waals surface area contributed by atoms with Crippen LogP contribution in [-0.2, 0) is 4.79 Å². The first-order chi connectivity index (χ1) is 7.67. The second-order valence-electron chi connectivity index (χ2n) is 3.32. The minimum Gasteiger partial charge on any atom is -0.364 e. The summed E-state index contributed by atoms with van der Waals surface area (Å²) in [6.07, 6.45) is 1.58. The molecule has 0 aliphatic heterocycles. The molecule has 0 bridgehead atoms. The molecule has 1 rings (SSSR count). The summed E-state index contributed by atoms with van der Waals surface area (Å²) in [7, 11) is 1.80. The number of likely N-dealkylation sites (N-methyl/N-ethyl adjacent to an activating group) is 2. The Morgan fingerprint density at radius 1 is 1.62 bits per heavy atom. The molecule has 0 saturated carbocycles. The molecule has 0 atom stereocenters. The van der Waals surface area contributed by atoms with Crippen molar-refractivity contribution < 1.29 is 4.79 Å². The highest BCUT2D eigenvalue weighted by Crippen LogP contribution is 2.10. The molecule has 16 heavy (non-hydrogen) atoms. The number of aromatic nitrogens is 1. The first kappa shape index (κ1) is 12.0. The number of nitrogens with zero attached hydrogens (tertiary/aromatic N) is 3. The lowest BCUT2D eigenvalue weighted by Crippen LogP contribution is -2.34. The molecule has 1 aromatic heterocycles. The lowest BCUT2D eigenvalue weighted by Gasteiger charge is -2.17. The van der Waals surface area contributed by atoms with Gasteiger partial charge >= 0.3 is 0 Å². The highest BCUT2D eigenvalue weighted by molar-refractivity contribution is 5.81. The minimum absolute atomic E-state index is 0.0330. The van der Waals surface area contributed by atoms with E-state index in [1.807, 2.05) is 13.0 Å². The first-order valence-corrected chi connectivity index (χ1v) is 5.01. The van der Waals surface area contributed by atoms with Gasteiger partial charge in [0.05, 0.1) is 18.4 Å². The van der Waals surface area contributed by atoms with E-state index in [0.717, 1.165) is 5.69 Å². The average Bonchev–Trinajstić information content (AvgIpc) is 2.29. The quantitative estimate of drug-likeness (QED) is 0.800. The van der Waals surface area contributed by atoms with E-state index in [0.29, 0.717) is 12.2 Å². The standard InChI is InChI=1S/C11H14N4O/c1-3-13-11(16)8-15(2)10-5-4-9(6-12)14-7-10/h4-5,7H,3,8H2,1-2H3,(H,13,16). The van der Waals surface area contributed by atoms with E-state index < -0.39 is 0 Å². The summed E-state index contributed by atoms with van der Waals surface area (Å²) in [5.74, 6) is -0.0330. The molecule has 0 unspecified atom stereocenters. The Morgan fingerprint density at radius 2 is 2.38 bits per heavy atom. The van der Waals surface area contributed by atoms with Crippen molar-refractivity contribution in [2.24, 2.45) is 0 Å². The molecule has 0 aliphatic carbocycles. The zero-order chi connectivity index (χ0) is 12.0. The number of hydrogen-bond acceptors (Lipinski definition) is 4. The summed E-state index contributed by atoms with van der Waals surface area (Å²) >= 11 is 0. The largest absolute Gasteiger partial charge is 0.364 e. The van der Waals surface area contributed by atoms with Gasteiger partial charge in [-0.3, -0.25) is 4.79 Å². The van der Waals surface area contributed by atoms with E-state index in [-0.39, 0.29) is 12.5 Å². The number of nitrogens with one attached hydrogen (secondary N) is 1. The van der Waals surface area contributed by atoms with Crippen molar-refractivity contribution in [2.75, 3.05) is 25.0 Å². The maximum Gasteiger partial charge on any atom is 0.239 e. The fraction of sp³-hybridized carbons (Fsp3) is 0.364. The predicted octanol–water partition coefficient (Wildman–Crippen LogP) is 0.526. The Bertz CT molecular complexity index is 393. The van der Waals surface area contributed by atoms with Crippen molar-refractivity contribution in [2.45, 2.75) is 6.92 Å². The molecule has 0 fully saturated rings. The molecule has 0 aliphatic rings. The second kappa shape index (κ2) is 5.71. The Balaban J connectivity index is 2.63. The number of rotatable bonds is 4. The van der Waals surface area contributed by atoms with E-state index in [2.05, 4.69) is 10.3 Å². The van der Waals surface area contributed by atoms with Crippen molar-refractivity contribution in [3.63, 3.8) is 0 Å². The monoisotopic (exact) mass is 218 g/mol. The van der Waals surface area contributed by atoms with E-state index in [9.17, 15) is 4.79 Å². The molecule has 1 N–H and O–H groups in total. The molecular formula is C11H14N4O. The van der Waals surface area contributed by atoms with Gasteiger partial charge in [0.2, 0.25) is 5.91 Å². The molecule has 84 valence electrons. The number of carbonyl (C=O) groups is 1. The molecular weight excluding hydrogens is 204 g/mol. The molecule has 5 heteroatoms. The van der Waals surface area contributed by atoms with Gasteiger partial charge in [-0.15, -0.1) is 0 Å². The molecule has 1 heterocycles. The maximum absolute atomic E-state index is 11.3. The van der Waals surface area contributed by atoms with Gasteiger partial charge in [0.15, 0.2) is 0 Å². The van der Waals surface area contributed by atoms with Crippen LogP contribution in [0.2, 0.25) is 0 Å². The fourth-order valence-corrected chi connectivity index (χ4v) is 1.24. The van der Waals surface area contributed by atoms with E-state index in [1.54, 1.807) is 30.3 Å². The van der Waals surface area contributed by atoms with Gasteiger partial charge in [-0.1, -0.05) is 0 Å². The lowest BCUT2D eigenvalue weighted by atomic mass is 10.3. The van der Waals surface area contributed by atoms with E-state index in [1.165, 1.54) is 0 Å². The van der Waals surface area contributed by atoms with Crippen LogP contribution in [0, 0.1) is 11.3 Å². The van der Waals surface area contributed by atoms with Crippen LogP contribution < -0.4 is 10.2 Å². The van der Waals surface area contributed by atoms with Crippen molar-refractivity contribution in [3.8, 4) is 6.07 Å². The van der Waals surface area contributed by atoms with Crippen LogP contribution in [0.1, 0.15) is 12.6 Å². The smallest absolute Gasteiger partial charge is 0.239 e. The normalized spacial score (nSPS) is 9.31. The minimum atomic E-state index is -0.0330. The zero-order valence-corrected chi connectivity index (χ0v) is 9.40. The van der Waals surface area contributed by atoms with Crippen molar-refractivity contribution in [3.05, 3.63) is 24.0 Å². The van der Waals surface area contributed by atoms with Gasteiger partial charge < -0.3 is 10.2 Å². The predicted molar refractivity (Wildman–Crippen MR) is 60.9 cm³/mol. The maximum atomic E-state index is 11.3. The molecule has 0 radical (unpaired) electrons. The van der Waals surface area contributed by atoms with E-state index in [4.69, 9.17) is 5.26 Å². The molecule has 0 aromatic carbocycles. The lowest BCUT2D eigenvalue weighted by molar-refractivity contribution is -0.119. The van der Waals surface area contributed by atoms with E-state index >= 15 is 0 Å². The summed E-state index contributed by atoms with van der Waals surface area (Å²) < 4.78 is 0. The summed E-state index contributed by atoms with van der Waals surface area (Å²) in [4.78, 5) is 17.0. The van der Waals surface area contributed by atoms with Crippen LogP contribution in [-0.4, -0.2) is 31.0 Å². The molecule has 1 aromatic rings. The van der Waals surface area contributed by atoms with Crippen LogP contribution in [0.3, 0.4) is 0 Å². The number of hydrogen-bond donors (Lipinski definition) is 1. The summed E-state index contributed by atoms with van der Waals surface area (Å²) in [6.45, 7) is 2.78. The van der Waals surface area contributed by atoms with Crippen LogP contribution in [0.25, 0.3) is 0 Å².